The number of nitrogens with two attached hydrogens (primary N) is 1. The molecule has 3 heterocycles. The van der Waals surface area contributed by atoms with Crippen molar-refractivity contribution in [2.24, 2.45) is 5.92 Å². The number of fused-ring (bicyclic) bond motifs is 1. The van der Waals surface area contributed by atoms with Crippen molar-refractivity contribution >= 4 is 22.8 Å². The highest BCUT2D eigenvalue weighted by Crippen LogP contribution is 2.34. The molecule has 8 heteroatoms. The fraction of sp³-hybridized carbons (Fsp3) is 0.348. The number of nitrogens with zero attached hydrogens (tertiary/aromatic N) is 6. The number of rotatable bonds is 4. The summed E-state index contributed by atoms with van der Waals surface area (Å²) in [6.07, 6.45) is 7.10. The van der Waals surface area contributed by atoms with Crippen molar-refractivity contribution < 1.29 is 4.79 Å². The van der Waals surface area contributed by atoms with E-state index in [1.54, 1.807) is 4.90 Å². The Kier molecular flexibility index (Phi) is 4.86. The number of likely N-dealkylation sites (tertiary alicyclic amines) is 1. The van der Waals surface area contributed by atoms with E-state index in [0.717, 1.165) is 42.3 Å². The molecule has 156 valence electrons. The molecule has 31 heavy (non-hydrogen) atoms. The van der Waals surface area contributed by atoms with E-state index in [9.17, 15) is 10.1 Å². The number of benzene rings is 1. The normalized spacial score (nSPS) is 19.4. The van der Waals surface area contributed by atoms with E-state index in [2.05, 4.69) is 16.0 Å². The minimum absolute atomic E-state index is 0.0483. The first-order valence-corrected chi connectivity index (χ1v) is 10.6. The van der Waals surface area contributed by atoms with Crippen LogP contribution in [0.4, 0.5) is 5.82 Å². The summed E-state index contributed by atoms with van der Waals surface area (Å²) in [4.78, 5) is 23.4. The van der Waals surface area contributed by atoms with Crippen LogP contribution >= 0.6 is 0 Å². The lowest BCUT2D eigenvalue weighted by Gasteiger charge is -2.32. The zero-order chi connectivity index (χ0) is 21.4. The number of anilines is 1. The second kappa shape index (κ2) is 7.84. The largest absolute Gasteiger partial charge is 0.383 e. The van der Waals surface area contributed by atoms with E-state index >= 15 is 0 Å². The Morgan fingerprint density at radius 3 is 2.74 bits per heavy atom. The van der Waals surface area contributed by atoms with Gasteiger partial charge in [-0.25, -0.2) is 14.6 Å². The first-order valence-electron chi connectivity index (χ1n) is 10.6. The second-order valence-corrected chi connectivity index (χ2v) is 8.19. The molecule has 0 spiro atoms. The molecule has 3 aromatic rings. The Bertz CT molecular complexity index is 1200. The zero-order valence-corrected chi connectivity index (χ0v) is 17.1. The van der Waals surface area contributed by atoms with Crippen molar-refractivity contribution in [3.8, 4) is 17.3 Å². The fourth-order valence-electron chi connectivity index (χ4n) is 4.21. The SMILES string of the molecule is N#C/C(=C\C1CC1)C(=O)N1CCC[C@H](n2nc(-c3ccccc3)c3c(N)ncnc32)C1. The van der Waals surface area contributed by atoms with Crippen LogP contribution in [0, 0.1) is 17.2 Å². The van der Waals surface area contributed by atoms with Gasteiger partial charge in [-0.1, -0.05) is 36.4 Å². The lowest BCUT2D eigenvalue weighted by molar-refractivity contribution is -0.128. The van der Waals surface area contributed by atoms with Gasteiger partial charge in [-0.3, -0.25) is 4.79 Å². The van der Waals surface area contributed by atoms with E-state index in [0.29, 0.717) is 30.5 Å². The molecule has 5 rings (SSSR count). The van der Waals surface area contributed by atoms with Gasteiger partial charge < -0.3 is 10.6 Å². The molecule has 0 radical (unpaired) electrons. The average Bonchev–Trinajstić information content (AvgIpc) is 3.55. The molecule has 0 bridgehead atoms. The van der Waals surface area contributed by atoms with Gasteiger partial charge in [0.25, 0.3) is 5.91 Å². The third kappa shape index (κ3) is 3.63. The van der Waals surface area contributed by atoms with Crippen LogP contribution in [0.25, 0.3) is 22.3 Å². The smallest absolute Gasteiger partial charge is 0.264 e. The Balaban J connectivity index is 1.50. The summed E-state index contributed by atoms with van der Waals surface area (Å²) in [5.74, 6) is 0.577. The summed E-state index contributed by atoms with van der Waals surface area (Å²) >= 11 is 0. The number of allylic oxidation sites excluding steroid dienone is 1. The molecule has 8 nitrogen and oxygen atoms in total. The highest BCUT2D eigenvalue weighted by molar-refractivity contribution is 5.98. The van der Waals surface area contributed by atoms with E-state index in [-0.39, 0.29) is 17.5 Å². The lowest BCUT2D eigenvalue weighted by atomic mass is 10.0. The van der Waals surface area contributed by atoms with Crippen molar-refractivity contribution in [1.29, 1.82) is 5.26 Å². The van der Waals surface area contributed by atoms with Crippen LogP contribution in [0.2, 0.25) is 0 Å². The van der Waals surface area contributed by atoms with E-state index in [1.807, 2.05) is 41.1 Å². The third-order valence-electron chi connectivity index (χ3n) is 5.97. The van der Waals surface area contributed by atoms with Crippen LogP contribution in [0.15, 0.2) is 48.3 Å². The number of hydrogen-bond acceptors (Lipinski definition) is 6. The van der Waals surface area contributed by atoms with E-state index in [4.69, 9.17) is 10.8 Å². The molecule has 1 aromatic carbocycles. The Morgan fingerprint density at radius 1 is 1.19 bits per heavy atom. The maximum Gasteiger partial charge on any atom is 0.264 e. The molecule has 1 aliphatic carbocycles. The molecule has 0 unspecified atom stereocenters. The standard InChI is InChI=1S/C23H23N7O/c24-12-17(11-15-8-9-15)23(31)29-10-4-7-18(13-29)30-22-19(21(25)26-14-27-22)20(28-30)16-5-2-1-3-6-16/h1-3,5-6,11,14-15,18H,4,7-10,13H2,(H2,25,26,27)/b17-11+/t18-/m0/s1. The van der Waals surface area contributed by atoms with Crippen LogP contribution in [0.5, 0.6) is 0 Å². The van der Waals surface area contributed by atoms with Crippen LogP contribution in [-0.4, -0.2) is 43.6 Å². The molecule has 1 atom stereocenters. The van der Waals surface area contributed by atoms with Gasteiger partial charge in [0.05, 0.1) is 11.4 Å². The summed E-state index contributed by atoms with van der Waals surface area (Å²) in [5, 5.41) is 15.1. The van der Waals surface area contributed by atoms with Gasteiger partial charge in [-0.2, -0.15) is 10.4 Å². The minimum atomic E-state index is -0.187. The summed E-state index contributed by atoms with van der Waals surface area (Å²) in [5.41, 5.74) is 8.81. The van der Waals surface area contributed by atoms with E-state index in [1.165, 1.54) is 6.33 Å². The summed E-state index contributed by atoms with van der Waals surface area (Å²) in [6, 6.07) is 11.9. The van der Waals surface area contributed by atoms with Crippen molar-refractivity contribution in [2.75, 3.05) is 18.8 Å². The highest BCUT2D eigenvalue weighted by atomic mass is 16.2. The Labute approximate surface area is 180 Å². The van der Waals surface area contributed by atoms with Gasteiger partial charge >= 0.3 is 0 Å². The number of carbonyl (C=O) groups excluding carboxylic acids is 1. The van der Waals surface area contributed by atoms with Gasteiger partial charge in [0.15, 0.2) is 5.65 Å². The van der Waals surface area contributed by atoms with Crippen molar-refractivity contribution in [3.05, 3.63) is 48.3 Å². The molecular weight excluding hydrogens is 390 g/mol. The second-order valence-electron chi connectivity index (χ2n) is 8.19. The summed E-state index contributed by atoms with van der Waals surface area (Å²) in [6.45, 7) is 1.12. The van der Waals surface area contributed by atoms with Gasteiger partial charge in [-0.15, -0.1) is 0 Å². The number of hydrogen-bond donors (Lipinski definition) is 1. The third-order valence-corrected chi connectivity index (χ3v) is 5.97. The molecule has 2 aromatic heterocycles. The zero-order valence-electron chi connectivity index (χ0n) is 17.1. The molecular formula is C23H23N7O. The van der Waals surface area contributed by atoms with Crippen LogP contribution in [0.3, 0.4) is 0 Å². The maximum atomic E-state index is 13.0. The number of piperidine rings is 1. The molecule has 2 N–H and O–H groups in total. The maximum absolute atomic E-state index is 13.0. The number of aromatic nitrogens is 4. The molecule has 1 amide bonds. The van der Waals surface area contributed by atoms with E-state index < -0.39 is 0 Å². The summed E-state index contributed by atoms with van der Waals surface area (Å²) in [7, 11) is 0. The van der Waals surface area contributed by atoms with Crippen molar-refractivity contribution in [2.45, 2.75) is 31.7 Å². The quantitative estimate of drug-likeness (QED) is 0.519. The fourth-order valence-corrected chi connectivity index (χ4v) is 4.21. The van der Waals surface area contributed by atoms with Crippen LogP contribution < -0.4 is 5.73 Å². The number of nitrogen functional groups attached to an aromatic ring is 1. The monoisotopic (exact) mass is 413 g/mol. The first-order chi connectivity index (χ1) is 15.2. The minimum Gasteiger partial charge on any atom is -0.383 e. The van der Waals surface area contributed by atoms with Crippen molar-refractivity contribution in [1.82, 2.24) is 24.6 Å². The summed E-state index contributed by atoms with van der Waals surface area (Å²) < 4.78 is 1.88. The number of amides is 1. The van der Waals surface area contributed by atoms with Gasteiger partial charge in [0.2, 0.25) is 0 Å². The Morgan fingerprint density at radius 2 is 2.00 bits per heavy atom. The lowest BCUT2D eigenvalue weighted by Crippen LogP contribution is -2.41. The molecule has 1 saturated heterocycles. The topological polar surface area (TPSA) is 114 Å². The highest BCUT2D eigenvalue weighted by Gasteiger charge is 2.31. The molecule has 2 aliphatic rings. The van der Waals surface area contributed by atoms with Crippen molar-refractivity contribution in [3.63, 3.8) is 0 Å². The number of nitriles is 1. The first kappa shape index (κ1) is 19.2. The van der Waals surface area contributed by atoms with Crippen LogP contribution in [-0.2, 0) is 4.79 Å². The van der Waals surface area contributed by atoms with Crippen LogP contribution in [0.1, 0.15) is 31.7 Å². The average molecular weight is 413 g/mol. The molecule has 2 fully saturated rings. The number of carbonyl (C=O) groups is 1. The van der Waals surface area contributed by atoms with Gasteiger partial charge in [-0.05, 0) is 31.6 Å². The molecule has 1 saturated carbocycles. The predicted molar refractivity (Wildman–Crippen MR) is 116 cm³/mol. The predicted octanol–water partition coefficient (Wildman–Crippen LogP) is 3.10. The van der Waals surface area contributed by atoms with Gasteiger partial charge in [0, 0.05) is 18.7 Å². The Hall–Kier alpha value is -3.73. The molecule has 1 aliphatic heterocycles. The van der Waals surface area contributed by atoms with Gasteiger partial charge in [0.1, 0.15) is 29.5 Å².